The molecule has 1 nitrogen and oxygen atoms in total. The van der Waals surface area contributed by atoms with Crippen LogP contribution in [0.4, 0.5) is 0 Å². The van der Waals surface area contributed by atoms with Gasteiger partial charge in [-0.1, -0.05) is 115 Å². The van der Waals surface area contributed by atoms with E-state index in [-0.39, 0.29) is 0 Å². The Hall–Kier alpha value is -6.44. The summed E-state index contributed by atoms with van der Waals surface area (Å²) in [5.74, 6) is 0. The van der Waals surface area contributed by atoms with Gasteiger partial charge in [0.1, 0.15) is 0 Å². The number of rotatable bonds is 3. The molecular weight excluding hydrogens is 591 g/mol. The van der Waals surface area contributed by atoms with E-state index in [1.54, 1.807) is 0 Å². The smallest absolute Gasteiger partial charge is 0.0547 e. The second-order valence-electron chi connectivity index (χ2n) is 13.4. The van der Waals surface area contributed by atoms with Gasteiger partial charge >= 0.3 is 0 Å². The topological polar surface area (TPSA) is 4.93 Å². The van der Waals surface area contributed by atoms with Gasteiger partial charge in [0.2, 0.25) is 0 Å². The van der Waals surface area contributed by atoms with E-state index in [9.17, 15) is 0 Å². The van der Waals surface area contributed by atoms with E-state index in [1.165, 1.54) is 104 Å². The van der Waals surface area contributed by atoms with Gasteiger partial charge in [-0.15, -0.1) is 0 Å². The SMILES string of the molecule is c1ccc(-n2c3ccccc3c3cc4cc(-c5ccc6cc(-c7cc8c9c(cccc9c7)-c7ccccc7-8)ccc6c5)ccc4cc32)cc1. The van der Waals surface area contributed by atoms with E-state index in [1.807, 2.05) is 0 Å². The van der Waals surface area contributed by atoms with E-state index in [0.717, 1.165) is 0 Å². The molecule has 9 aromatic carbocycles. The molecule has 10 aromatic rings. The quantitative estimate of drug-likeness (QED) is 0.185. The first-order valence-electron chi connectivity index (χ1n) is 17.0. The molecule has 0 fully saturated rings. The largest absolute Gasteiger partial charge is 0.309 e. The predicted molar refractivity (Wildman–Crippen MR) is 209 cm³/mol. The van der Waals surface area contributed by atoms with Crippen LogP contribution in [-0.2, 0) is 0 Å². The van der Waals surface area contributed by atoms with E-state index < -0.39 is 0 Å². The lowest BCUT2D eigenvalue weighted by atomic mass is 9.93. The Morgan fingerprint density at radius 3 is 1.65 bits per heavy atom. The minimum atomic E-state index is 1.18. The standard InChI is InChI=1S/C48H29N/c1-2-10-39(11-3-1)49-46-16-7-6-14-42(46)44-27-37-25-33(20-22-35(37)29-47(44)49)31-17-18-32-24-34(21-19-30(32)23-31)38-26-36-9-8-15-43-40-12-4-5-13-41(40)45(28-38)48(36)43/h1-29H. The number of nitrogens with zero attached hydrogens (tertiary/aromatic N) is 1. The third-order valence-corrected chi connectivity index (χ3v) is 10.6. The molecule has 1 heterocycles. The molecule has 1 aromatic heterocycles. The Kier molecular flexibility index (Phi) is 5.45. The molecule has 0 unspecified atom stereocenters. The van der Waals surface area contributed by atoms with Gasteiger partial charge in [-0.3, -0.25) is 0 Å². The summed E-state index contributed by atoms with van der Waals surface area (Å²) in [6.45, 7) is 0. The van der Waals surface area contributed by atoms with Crippen LogP contribution in [0.1, 0.15) is 0 Å². The highest BCUT2D eigenvalue weighted by Gasteiger charge is 2.21. The van der Waals surface area contributed by atoms with Crippen LogP contribution >= 0.6 is 0 Å². The highest BCUT2D eigenvalue weighted by atomic mass is 15.0. The molecule has 0 aliphatic heterocycles. The van der Waals surface area contributed by atoms with Crippen LogP contribution in [0.15, 0.2) is 176 Å². The van der Waals surface area contributed by atoms with Gasteiger partial charge in [0, 0.05) is 16.5 Å². The summed E-state index contributed by atoms with van der Waals surface area (Å²) in [5.41, 5.74) is 14.0. The first-order valence-corrected chi connectivity index (χ1v) is 17.0. The fourth-order valence-electron chi connectivity index (χ4n) is 8.34. The van der Waals surface area contributed by atoms with Crippen LogP contribution in [0, 0.1) is 0 Å². The molecule has 0 radical (unpaired) electrons. The summed E-state index contributed by atoms with van der Waals surface area (Å²) < 4.78 is 2.39. The maximum Gasteiger partial charge on any atom is 0.0547 e. The van der Waals surface area contributed by atoms with Gasteiger partial charge in [-0.05, 0) is 137 Å². The number of fused-ring (bicyclic) bond motifs is 8. The van der Waals surface area contributed by atoms with Crippen molar-refractivity contribution in [1.82, 2.24) is 4.57 Å². The zero-order valence-electron chi connectivity index (χ0n) is 26.7. The van der Waals surface area contributed by atoms with Crippen molar-refractivity contribution >= 4 is 54.1 Å². The first-order chi connectivity index (χ1) is 24.3. The monoisotopic (exact) mass is 619 g/mol. The summed E-state index contributed by atoms with van der Waals surface area (Å²) in [4.78, 5) is 0. The Labute approximate surface area is 283 Å². The number of hydrogen-bond donors (Lipinski definition) is 0. The van der Waals surface area contributed by atoms with Gasteiger partial charge in [-0.25, -0.2) is 0 Å². The Morgan fingerprint density at radius 1 is 0.286 bits per heavy atom. The fourth-order valence-corrected chi connectivity index (χ4v) is 8.34. The Morgan fingerprint density at radius 2 is 0.878 bits per heavy atom. The normalized spacial score (nSPS) is 12.1. The van der Waals surface area contributed by atoms with Gasteiger partial charge in [-0.2, -0.15) is 0 Å². The minimum absolute atomic E-state index is 1.18. The van der Waals surface area contributed by atoms with Crippen LogP contribution in [0.25, 0.3) is 104 Å². The minimum Gasteiger partial charge on any atom is -0.309 e. The summed E-state index contributed by atoms with van der Waals surface area (Å²) in [7, 11) is 0. The van der Waals surface area contributed by atoms with Crippen LogP contribution in [0.2, 0.25) is 0 Å². The van der Waals surface area contributed by atoms with Gasteiger partial charge in [0.05, 0.1) is 11.0 Å². The summed E-state index contributed by atoms with van der Waals surface area (Å²) in [6.07, 6.45) is 0. The van der Waals surface area contributed by atoms with Crippen LogP contribution in [-0.4, -0.2) is 4.57 Å². The van der Waals surface area contributed by atoms with Gasteiger partial charge < -0.3 is 4.57 Å². The van der Waals surface area contributed by atoms with E-state index in [0.29, 0.717) is 0 Å². The molecule has 0 atom stereocenters. The second-order valence-corrected chi connectivity index (χ2v) is 13.4. The lowest BCUT2D eigenvalue weighted by molar-refractivity contribution is 1.18. The molecule has 0 saturated carbocycles. The molecule has 0 spiro atoms. The number of para-hydroxylation sites is 2. The van der Waals surface area contributed by atoms with E-state index in [4.69, 9.17) is 0 Å². The second kappa shape index (κ2) is 10.0. The van der Waals surface area contributed by atoms with Gasteiger partial charge in [0.25, 0.3) is 0 Å². The summed E-state index contributed by atoms with van der Waals surface area (Å²) in [6, 6.07) is 65.1. The maximum absolute atomic E-state index is 2.39. The number of hydrogen-bond acceptors (Lipinski definition) is 0. The van der Waals surface area contributed by atoms with Crippen molar-refractivity contribution in [3.05, 3.63) is 176 Å². The lowest BCUT2D eigenvalue weighted by Gasteiger charge is -2.11. The van der Waals surface area contributed by atoms with Crippen molar-refractivity contribution in [3.63, 3.8) is 0 Å². The third-order valence-electron chi connectivity index (χ3n) is 10.6. The highest BCUT2D eigenvalue weighted by molar-refractivity contribution is 6.17. The summed E-state index contributed by atoms with van der Waals surface area (Å²) in [5, 5.41) is 10.2. The first kappa shape index (κ1) is 26.6. The molecule has 1 aliphatic rings. The molecule has 0 amide bonds. The average molecular weight is 620 g/mol. The van der Waals surface area contributed by atoms with Crippen molar-refractivity contribution in [1.29, 1.82) is 0 Å². The molecule has 226 valence electrons. The van der Waals surface area contributed by atoms with E-state index in [2.05, 4.69) is 180 Å². The molecule has 1 heteroatoms. The predicted octanol–water partition coefficient (Wildman–Crippen LogP) is 13.2. The average Bonchev–Trinajstić information content (AvgIpc) is 3.66. The molecule has 1 aliphatic carbocycles. The highest BCUT2D eigenvalue weighted by Crippen LogP contribution is 2.48. The molecule has 11 rings (SSSR count). The zero-order chi connectivity index (χ0) is 32.1. The van der Waals surface area contributed by atoms with Crippen LogP contribution in [0.5, 0.6) is 0 Å². The lowest BCUT2D eigenvalue weighted by Crippen LogP contribution is -1.92. The molecular formula is C48H29N. The van der Waals surface area contributed by atoms with Crippen molar-refractivity contribution in [2.45, 2.75) is 0 Å². The van der Waals surface area contributed by atoms with Gasteiger partial charge in [0.15, 0.2) is 0 Å². The zero-order valence-corrected chi connectivity index (χ0v) is 26.7. The van der Waals surface area contributed by atoms with Crippen LogP contribution < -0.4 is 0 Å². The third kappa shape index (κ3) is 3.94. The Bertz CT molecular complexity index is 2980. The van der Waals surface area contributed by atoms with Crippen molar-refractivity contribution in [3.8, 4) is 50.2 Å². The molecule has 0 saturated heterocycles. The van der Waals surface area contributed by atoms with Crippen molar-refractivity contribution in [2.75, 3.05) is 0 Å². The maximum atomic E-state index is 2.39. The fraction of sp³-hybridized carbons (Fsp3) is 0. The number of benzene rings is 9. The summed E-state index contributed by atoms with van der Waals surface area (Å²) >= 11 is 0. The Balaban J connectivity index is 0.998. The molecule has 49 heavy (non-hydrogen) atoms. The van der Waals surface area contributed by atoms with E-state index >= 15 is 0 Å². The van der Waals surface area contributed by atoms with Crippen molar-refractivity contribution in [2.24, 2.45) is 0 Å². The number of aromatic nitrogens is 1. The molecule has 0 N–H and O–H groups in total. The van der Waals surface area contributed by atoms with Crippen molar-refractivity contribution < 1.29 is 0 Å². The van der Waals surface area contributed by atoms with Crippen LogP contribution in [0.3, 0.4) is 0 Å². The molecule has 0 bridgehead atoms.